The van der Waals surface area contributed by atoms with Crippen molar-refractivity contribution in [3.05, 3.63) is 23.5 Å². The fourth-order valence-corrected chi connectivity index (χ4v) is 1.12. The maximum atomic E-state index is 7.51. The van der Waals surface area contributed by atoms with Crippen LogP contribution in [0.1, 0.15) is 25.1 Å². The molecule has 0 saturated carbocycles. The van der Waals surface area contributed by atoms with E-state index in [1.807, 2.05) is 19.9 Å². The third-order valence-corrected chi connectivity index (χ3v) is 1.74. The molecule has 13 heavy (non-hydrogen) atoms. The van der Waals surface area contributed by atoms with Gasteiger partial charge in [-0.1, -0.05) is 0 Å². The zero-order valence-corrected chi connectivity index (χ0v) is 8.13. The predicted octanol–water partition coefficient (Wildman–Crippen LogP) is 2.50. The van der Waals surface area contributed by atoms with Crippen LogP contribution in [0, 0.1) is 12.3 Å². The Bertz CT molecular complexity index is 353. The molecule has 0 atom stereocenters. The molecule has 0 unspecified atom stereocenters. The first-order valence-electron chi connectivity index (χ1n) is 4.16. The van der Waals surface area contributed by atoms with Gasteiger partial charge in [0.2, 0.25) is 0 Å². The predicted molar refractivity (Wildman–Crippen MR) is 55.3 cm³/mol. The molecule has 0 aliphatic rings. The Morgan fingerprint density at radius 2 is 2.31 bits per heavy atom. The van der Waals surface area contributed by atoms with E-state index < -0.39 is 0 Å². The third kappa shape index (κ3) is 1.99. The first-order valence-corrected chi connectivity index (χ1v) is 4.16. The molecule has 3 heteroatoms. The Morgan fingerprint density at radius 3 is 2.85 bits per heavy atom. The van der Waals surface area contributed by atoms with Gasteiger partial charge in [-0.2, -0.15) is 0 Å². The van der Waals surface area contributed by atoms with Gasteiger partial charge < -0.3 is 5.41 Å². The summed E-state index contributed by atoms with van der Waals surface area (Å²) < 4.78 is 0. The highest BCUT2D eigenvalue weighted by Gasteiger charge is 2.06. The molecule has 1 N–H and O–H groups in total. The lowest BCUT2D eigenvalue weighted by atomic mass is 10.1. The van der Waals surface area contributed by atoms with E-state index in [0.29, 0.717) is 11.4 Å². The quantitative estimate of drug-likeness (QED) is 0.690. The van der Waals surface area contributed by atoms with Crippen LogP contribution in [0.3, 0.4) is 0 Å². The van der Waals surface area contributed by atoms with Crippen molar-refractivity contribution >= 4 is 17.6 Å². The van der Waals surface area contributed by atoms with Crippen molar-refractivity contribution in [3.63, 3.8) is 0 Å². The SMILES string of the molecule is C/C=N\c1c(C)ccnc1C(C)=N. The second kappa shape index (κ2) is 3.94. The van der Waals surface area contributed by atoms with E-state index in [1.165, 1.54) is 0 Å². The number of aromatic nitrogens is 1. The van der Waals surface area contributed by atoms with E-state index in [1.54, 1.807) is 19.3 Å². The summed E-state index contributed by atoms with van der Waals surface area (Å²) in [7, 11) is 0. The number of hydrogen-bond acceptors (Lipinski definition) is 3. The molecule has 0 aromatic carbocycles. The molecule has 0 spiro atoms. The van der Waals surface area contributed by atoms with Gasteiger partial charge in [0.05, 0.1) is 11.4 Å². The molecule has 3 nitrogen and oxygen atoms in total. The number of pyridine rings is 1. The van der Waals surface area contributed by atoms with Crippen LogP contribution >= 0.6 is 0 Å². The topological polar surface area (TPSA) is 49.1 Å². The maximum Gasteiger partial charge on any atom is 0.109 e. The van der Waals surface area contributed by atoms with Gasteiger partial charge in [0.15, 0.2) is 0 Å². The minimum Gasteiger partial charge on any atom is -0.303 e. The van der Waals surface area contributed by atoms with Crippen LogP contribution < -0.4 is 0 Å². The second-order valence-electron chi connectivity index (χ2n) is 2.84. The summed E-state index contributed by atoms with van der Waals surface area (Å²) in [4.78, 5) is 8.32. The van der Waals surface area contributed by atoms with Crippen LogP contribution in [-0.4, -0.2) is 16.9 Å². The van der Waals surface area contributed by atoms with Crippen molar-refractivity contribution in [2.45, 2.75) is 20.8 Å². The van der Waals surface area contributed by atoms with Crippen LogP contribution in [0.25, 0.3) is 0 Å². The van der Waals surface area contributed by atoms with Gasteiger partial charge in [0.1, 0.15) is 5.69 Å². The summed E-state index contributed by atoms with van der Waals surface area (Å²) in [5.74, 6) is 0. The number of nitrogens with zero attached hydrogens (tertiary/aromatic N) is 2. The van der Waals surface area contributed by atoms with E-state index in [9.17, 15) is 0 Å². The van der Waals surface area contributed by atoms with Crippen molar-refractivity contribution in [3.8, 4) is 0 Å². The van der Waals surface area contributed by atoms with Crippen LogP contribution in [0.5, 0.6) is 0 Å². The second-order valence-corrected chi connectivity index (χ2v) is 2.84. The minimum absolute atomic E-state index is 0.448. The number of nitrogens with one attached hydrogen (secondary N) is 1. The molecule has 0 fully saturated rings. The lowest BCUT2D eigenvalue weighted by molar-refractivity contribution is 1.22. The normalized spacial score (nSPS) is 10.7. The highest BCUT2D eigenvalue weighted by Crippen LogP contribution is 2.21. The fourth-order valence-electron chi connectivity index (χ4n) is 1.12. The summed E-state index contributed by atoms with van der Waals surface area (Å²) in [6, 6.07) is 1.90. The molecule has 0 amide bonds. The van der Waals surface area contributed by atoms with Gasteiger partial charge in [-0.15, -0.1) is 0 Å². The van der Waals surface area contributed by atoms with E-state index in [2.05, 4.69) is 9.98 Å². The molecule has 68 valence electrons. The van der Waals surface area contributed by atoms with E-state index in [4.69, 9.17) is 5.41 Å². The minimum atomic E-state index is 0.448. The standard InChI is InChI=1S/C10H13N3/c1-4-12-9-7(2)5-6-13-10(9)8(3)11/h4-6,11H,1-3H3/b11-8?,12-4-. The van der Waals surface area contributed by atoms with Crippen molar-refractivity contribution in [2.75, 3.05) is 0 Å². The van der Waals surface area contributed by atoms with Crippen LogP contribution in [0.2, 0.25) is 0 Å². The molecule has 0 bridgehead atoms. The van der Waals surface area contributed by atoms with Crippen LogP contribution in [0.4, 0.5) is 5.69 Å². The highest BCUT2D eigenvalue weighted by atomic mass is 14.8. The molecular weight excluding hydrogens is 162 g/mol. The molecule has 0 radical (unpaired) electrons. The molecular formula is C10H13N3. The molecule has 0 saturated heterocycles. The summed E-state index contributed by atoms with van der Waals surface area (Å²) in [5.41, 5.74) is 2.97. The van der Waals surface area contributed by atoms with E-state index >= 15 is 0 Å². The average molecular weight is 175 g/mol. The van der Waals surface area contributed by atoms with Crippen molar-refractivity contribution < 1.29 is 0 Å². The summed E-state index contributed by atoms with van der Waals surface area (Å²) in [6.07, 6.45) is 3.42. The zero-order valence-electron chi connectivity index (χ0n) is 8.13. The van der Waals surface area contributed by atoms with Gasteiger partial charge in [-0.05, 0) is 32.4 Å². The Morgan fingerprint density at radius 1 is 1.62 bits per heavy atom. The molecule has 0 aliphatic heterocycles. The van der Waals surface area contributed by atoms with Crippen molar-refractivity contribution in [1.82, 2.24) is 4.98 Å². The Balaban J connectivity index is 3.33. The lowest BCUT2D eigenvalue weighted by Crippen LogP contribution is -1.98. The monoisotopic (exact) mass is 175 g/mol. The Labute approximate surface area is 78.1 Å². The van der Waals surface area contributed by atoms with Gasteiger partial charge in [-0.3, -0.25) is 9.98 Å². The molecule has 1 aromatic heterocycles. The first kappa shape index (κ1) is 9.58. The van der Waals surface area contributed by atoms with Gasteiger partial charge in [-0.25, -0.2) is 0 Å². The Hall–Kier alpha value is -1.51. The van der Waals surface area contributed by atoms with E-state index in [-0.39, 0.29) is 0 Å². The molecule has 1 aromatic rings. The van der Waals surface area contributed by atoms with Crippen molar-refractivity contribution in [2.24, 2.45) is 4.99 Å². The van der Waals surface area contributed by atoms with Crippen LogP contribution in [0.15, 0.2) is 17.3 Å². The Kier molecular flexibility index (Phi) is 2.90. The number of hydrogen-bond donors (Lipinski definition) is 1. The molecule has 1 heterocycles. The van der Waals surface area contributed by atoms with Gasteiger partial charge in [0, 0.05) is 12.4 Å². The zero-order chi connectivity index (χ0) is 9.84. The van der Waals surface area contributed by atoms with Gasteiger partial charge in [0.25, 0.3) is 0 Å². The summed E-state index contributed by atoms with van der Waals surface area (Å²) in [5, 5.41) is 7.51. The smallest absolute Gasteiger partial charge is 0.109 e. The largest absolute Gasteiger partial charge is 0.303 e. The first-order chi connectivity index (χ1) is 6.16. The fraction of sp³-hybridized carbons (Fsp3) is 0.300. The third-order valence-electron chi connectivity index (χ3n) is 1.74. The van der Waals surface area contributed by atoms with Gasteiger partial charge >= 0.3 is 0 Å². The molecule has 0 aliphatic carbocycles. The lowest BCUT2D eigenvalue weighted by Gasteiger charge is -2.04. The number of aryl methyl sites for hydroxylation is 1. The average Bonchev–Trinajstić information content (AvgIpc) is 2.08. The maximum absolute atomic E-state index is 7.51. The number of rotatable bonds is 2. The highest BCUT2D eigenvalue weighted by molar-refractivity contribution is 5.99. The number of aliphatic imine (C=N–C) groups is 1. The van der Waals surface area contributed by atoms with E-state index in [0.717, 1.165) is 11.3 Å². The summed E-state index contributed by atoms with van der Waals surface area (Å²) in [6.45, 7) is 5.54. The van der Waals surface area contributed by atoms with Crippen molar-refractivity contribution in [1.29, 1.82) is 5.41 Å². The summed E-state index contributed by atoms with van der Waals surface area (Å²) >= 11 is 0. The molecule has 1 rings (SSSR count). The van der Waals surface area contributed by atoms with Crippen LogP contribution in [-0.2, 0) is 0 Å².